The van der Waals surface area contributed by atoms with E-state index in [0.29, 0.717) is 21.9 Å². The Balaban J connectivity index is 0.000000260. The maximum absolute atomic E-state index is 10.4. The SMILES string of the molecule is COc1cc(N)c([N+](=O)[O-])cc1Br.COc1cnccc1-c1cc2[nH]c([C@H](N)CC(C)C)nc2cc1OC. The molecule has 2 heterocycles. The fourth-order valence-corrected chi connectivity index (χ4v) is 4.36. The van der Waals surface area contributed by atoms with Crippen LogP contribution in [0.3, 0.4) is 0 Å². The second kappa shape index (κ2) is 12.6. The Morgan fingerprint density at radius 1 is 1.05 bits per heavy atom. The first-order chi connectivity index (χ1) is 18.1. The number of halogens is 1. The average molecular weight is 587 g/mol. The van der Waals surface area contributed by atoms with E-state index in [1.165, 1.54) is 19.2 Å². The summed E-state index contributed by atoms with van der Waals surface area (Å²) in [5, 5.41) is 10.4. The summed E-state index contributed by atoms with van der Waals surface area (Å²) in [6.45, 7) is 4.30. The van der Waals surface area contributed by atoms with Crippen LogP contribution in [0.2, 0.25) is 0 Å². The van der Waals surface area contributed by atoms with Gasteiger partial charge in [-0.25, -0.2) is 4.98 Å². The van der Waals surface area contributed by atoms with E-state index >= 15 is 0 Å². The minimum absolute atomic E-state index is 0.0880. The van der Waals surface area contributed by atoms with Gasteiger partial charge in [0.15, 0.2) is 0 Å². The molecule has 38 heavy (non-hydrogen) atoms. The van der Waals surface area contributed by atoms with Gasteiger partial charge in [-0.1, -0.05) is 13.8 Å². The van der Waals surface area contributed by atoms with E-state index in [-0.39, 0.29) is 17.4 Å². The van der Waals surface area contributed by atoms with Gasteiger partial charge < -0.3 is 30.7 Å². The van der Waals surface area contributed by atoms with E-state index in [1.54, 1.807) is 26.6 Å². The monoisotopic (exact) mass is 586 g/mol. The summed E-state index contributed by atoms with van der Waals surface area (Å²) in [6, 6.07) is 8.45. The van der Waals surface area contributed by atoms with E-state index in [4.69, 9.17) is 25.7 Å². The highest BCUT2D eigenvalue weighted by molar-refractivity contribution is 9.10. The number of nitro groups is 1. The van der Waals surface area contributed by atoms with Crippen LogP contribution in [0.4, 0.5) is 11.4 Å². The van der Waals surface area contributed by atoms with Gasteiger partial charge >= 0.3 is 0 Å². The molecule has 12 heteroatoms. The van der Waals surface area contributed by atoms with Crippen LogP contribution in [-0.4, -0.2) is 41.2 Å². The van der Waals surface area contributed by atoms with E-state index in [0.717, 1.165) is 40.2 Å². The van der Waals surface area contributed by atoms with Crippen LogP contribution in [0, 0.1) is 16.0 Å². The van der Waals surface area contributed by atoms with Crippen molar-refractivity contribution in [2.75, 3.05) is 27.1 Å². The normalized spacial score (nSPS) is 11.6. The molecule has 0 radical (unpaired) electrons. The Morgan fingerprint density at radius 2 is 1.74 bits per heavy atom. The number of aromatic nitrogens is 3. The van der Waals surface area contributed by atoms with Crippen LogP contribution in [0.15, 0.2) is 47.2 Å². The van der Waals surface area contributed by atoms with Crippen molar-refractivity contribution in [3.63, 3.8) is 0 Å². The van der Waals surface area contributed by atoms with Crippen LogP contribution in [0.5, 0.6) is 17.2 Å². The Kier molecular flexibility index (Phi) is 9.48. The molecule has 2 aromatic heterocycles. The summed E-state index contributed by atoms with van der Waals surface area (Å²) in [5.41, 5.74) is 15.2. The zero-order chi connectivity index (χ0) is 28.0. The maximum Gasteiger partial charge on any atom is 0.293 e. The molecule has 0 bridgehead atoms. The summed E-state index contributed by atoms with van der Waals surface area (Å²) in [6.07, 6.45) is 4.30. The van der Waals surface area contributed by atoms with Crippen molar-refractivity contribution in [3.8, 4) is 28.4 Å². The summed E-state index contributed by atoms with van der Waals surface area (Å²) in [5.74, 6) is 3.20. The third kappa shape index (κ3) is 6.50. The van der Waals surface area contributed by atoms with Crippen LogP contribution in [0.25, 0.3) is 22.2 Å². The summed E-state index contributed by atoms with van der Waals surface area (Å²) in [7, 11) is 4.74. The van der Waals surface area contributed by atoms with Gasteiger partial charge in [-0.2, -0.15) is 0 Å². The summed E-state index contributed by atoms with van der Waals surface area (Å²) >= 11 is 3.12. The summed E-state index contributed by atoms with van der Waals surface area (Å²) < 4.78 is 16.4. The number of imidazole rings is 1. The number of hydrogen-bond acceptors (Lipinski definition) is 9. The molecule has 0 aliphatic carbocycles. The van der Waals surface area contributed by atoms with Gasteiger partial charge in [-0.05, 0) is 40.4 Å². The number of nitrogens with one attached hydrogen (secondary N) is 1. The van der Waals surface area contributed by atoms with Crippen LogP contribution < -0.4 is 25.7 Å². The number of methoxy groups -OCH3 is 3. The van der Waals surface area contributed by atoms with Crippen LogP contribution >= 0.6 is 15.9 Å². The average Bonchev–Trinajstić information content (AvgIpc) is 3.32. The zero-order valence-electron chi connectivity index (χ0n) is 21.8. The molecular formula is C26H31BrN6O5. The topological polar surface area (TPSA) is 164 Å². The number of nitro benzene ring substituents is 1. The molecule has 0 spiro atoms. The third-order valence-corrected chi connectivity index (χ3v) is 6.31. The highest BCUT2D eigenvalue weighted by atomic mass is 79.9. The lowest BCUT2D eigenvalue weighted by atomic mass is 10.0. The number of fused-ring (bicyclic) bond motifs is 1. The minimum Gasteiger partial charge on any atom is -0.496 e. The second-order valence-electron chi connectivity index (χ2n) is 8.81. The van der Waals surface area contributed by atoms with Gasteiger partial charge in [0.2, 0.25) is 0 Å². The molecule has 0 unspecified atom stereocenters. The lowest BCUT2D eigenvalue weighted by Crippen LogP contribution is -2.14. The fraction of sp³-hybridized carbons (Fsp3) is 0.308. The van der Waals surface area contributed by atoms with Crippen molar-refractivity contribution in [1.29, 1.82) is 0 Å². The predicted molar refractivity (Wildman–Crippen MR) is 151 cm³/mol. The first-order valence-corrected chi connectivity index (χ1v) is 12.5. The lowest BCUT2D eigenvalue weighted by Gasteiger charge is -2.11. The Labute approximate surface area is 228 Å². The number of nitrogens with zero attached hydrogens (tertiary/aromatic N) is 3. The van der Waals surface area contributed by atoms with Gasteiger partial charge in [0.1, 0.15) is 28.8 Å². The molecule has 0 aliphatic heterocycles. The number of nitrogen functional groups attached to an aromatic ring is 1. The highest BCUT2D eigenvalue weighted by Crippen LogP contribution is 2.38. The highest BCUT2D eigenvalue weighted by Gasteiger charge is 2.18. The first-order valence-electron chi connectivity index (χ1n) is 11.7. The van der Waals surface area contributed by atoms with Crippen molar-refractivity contribution in [3.05, 3.63) is 63.1 Å². The molecule has 2 aromatic carbocycles. The van der Waals surface area contributed by atoms with Crippen LogP contribution in [0.1, 0.15) is 32.1 Å². The Morgan fingerprint density at radius 3 is 2.34 bits per heavy atom. The largest absolute Gasteiger partial charge is 0.496 e. The Hall–Kier alpha value is -3.90. The summed E-state index contributed by atoms with van der Waals surface area (Å²) in [4.78, 5) is 22.0. The minimum atomic E-state index is -0.542. The molecule has 0 aliphatic rings. The number of nitrogens with two attached hydrogens (primary N) is 2. The molecular weight excluding hydrogens is 556 g/mol. The van der Waals surface area contributed by atoms with E-state index in [9.17, 15) is 10.1 Å². The Bertz CT molecular complexity index is 1430. The maximum atomic E-state index is 10.4. The van der Waals surface area contributed by atoms with Crippen LogP contribution in [-0.2, 0) is 0 Å². The van der Waals surface area contributed by atoms with Gasteiger partial charge in [-0.3, -0.25) is 15.1 Å². The van der Waals surface area contributed by atoms with Crippen molar-refractivity contribution < 1.29 is 19.1 Å². The standard InChI is InChI=1S/C19H24N4O2.C7H7BrN2O3/c1-11(2)7-14(20)19-22-15-8-13(17(24-3)9-16(15)23-19)12-5-6-21-10-18(12)25-4;1-13-7-3-5(9)6(10(11)12)2-4(7)8/h5-6,8-11,14H,7,20H2,1-4H3,(H,22,23);2-3H,9H2,1H3/t14-;/m1./s1. The fourth-order valence-electron chi connectivity index (χ4n) is 3.87. The van der Waals surface area contributed by atoms with Gasteiger partial charge in [0.05, 0.1) is 54.0 Å². The van der Waals surface area contributed by atoms with Gasteiger partial charge in [0, 0.05) is 35.5 Å². The zero-order valence-corrected chi connectivity index (χ0v) is 23.4. The molecule has 202 valence electrons. The molecule has 4 rings (SSSR count). The number of anilines is 1. The van der Waals surface area contributed by atoms with E-state index in [1.807, 2.05) is 18.2 Å². The molecule has 5 N–H and O–H groups in total. The first kappa shape index (κ1) is 28.7. The van der Waals surface area contributed by atoms with Crippen molar-refractivity contribution in [2.24, 2.45) is 11.7 Å². The van der Waals surface area contributed by atoms with Crippen molar-refractivity contribution in [1.82, 2.24) is 15.0 Å². The molecule has 4 aromatic rings. The van der Waals surface area contributed by atoms with Gasteiger partial charge in [0.25, 0.3) is 5.69 Å². The smallest absolute Gasteiger partial charge is 0.293 e. The quantitative estimate of drug-likeness (QED) is 0.134. The molecule has 0 fully saturated rings. The second-order valence-corrected chi connectivity index (χ2v) is 9.66. The predicted octanol–water partition coefficient (Wildman–Crippen LogP) is 5.64. The molecule has 0 amide bonds. The van der Waals surface area contributed by atoms with Crippen molar-refractivity contribution >= 4 is 38.3 Å². The number of ether oxygens (including phenoxy) is 3. The molecule has 0 saturated carbocycles. The third-order valence-electron chi connectivity index (χ3n) is 5.69. The molecule has 0 saturated heterocycles. The number of hydrogen-bond donors (Lipinski definition) is 3. The molecule has 1 atom stereocenters. The number of aromatic amines is 1. The van der Waals surface area contributed by atoms with E-state index in [2.05, 4.69) is 44.7 Å². The lowest BCUT2D eigenvalue weighted by molar-refractivity contribution is -0.384. The number of pyridine rings is 1. The number of benzene rings is 2. The number of rotatable bonds is 8. The van der Waals surface area contributed by atoms with Crippen molar-refractivity contribution in [2.45, 2.75) is 26.3 Å². The number of H-pyrrole nitrogens is 1. The van der Waals surface area contributed by atoms with E-state index < -0.39 is 4.92 Å². The molecule has 11 nitrogen and oxygen atoms in total. The van der Waals surface area contributed by atoms with Gasteiger partial charge in [-0.15, -0.1) is 0 Å².